The standard InChI is InChI=1S/C14H21N3O4/c1-10-5-6-12(17(20)21)11(7-10)13(18)15-8-14(2,19)9-16(3)4/h5-7,19H,8-9H2,1-4H3,(H,15,18). The van der Waals surface area contributed by atoms with Crippen molar-refractivity contribution in [3.8, 4) is 0 Å². The third-order valence-corrected chi connectivity index (χ3v) is 2.88. The van der Waals surface area contributed by atoms with Gasteiger partial charge in [0.2, 0.25) is 0 Å². The van der Waals surface area contributed by atoms with Gasteiger partial charge in [-0.15, -0.1) is 0 Å². The van der Waals surface area contributed by atoms with E-state index in [1.54, 1.807) is 24.8 Å². The molecule has 0 saturated carbocycles. The molecular weight excluding hydrogens is 274 g/mol. The van der Waals surface area contributed by atoms with Crippen LogP contribution in [0.15, 0.2) is 18.2 Å². The Hall–Kier alpha value is -1.99. The van der Waals surface area contributed by atoms with E-state index < -0.39 is 16.4 Å². The fourth-order valence-electron chi connectivity index (χ4n) is 2.09. The first-order valence-corrected chi connectivity index (χ1v) is 6.53. The van der Waals surface area contributed by atoms with Gasteiger partial charge in [-0.25, -0.2) is 0 Å². The molecule has 1 unspecified atom stereocenters. The van der Waals surface area contributed by atoms with Crippen LogP contribution in [0.1, 0.15) is 22.8 Å². The lowest BCUT2D eigenvalue weighted by atomic mass is 10.1. The predicted octanol–water partition coefficient (Wildman–Crippen LogP) is 0.946. The molecule has 0 heterocycles. The summed E-state index contributed by atoms with van der Waals surface area (Å²) >= 11 is 0. The van der Waals surface area contributed by atoms with E-state index in [-0.39, 0.29) is 17.8 Å². The Kier molecular flexibility index (Phi) is 5.40. The van der Waals surface area contributed by atoms with Crippen molar-refractivity contribution in [3.63, 3.8) is 0 Å². The number of rotatable bonds is 6. The van der Waals surface area contributed by atoms with Gasteiger partial charge in [-0.05, 0) is 39.6 Å². The molecule has 0 aliphatic carbocycles. The number of likely N-dealkylation sites (N-methyl/N-ethyl adjacent to an activating group) is 1. The van der Waals surface area contributed by atoms with E-state index in [1.165, 1.54) is 12.1 Å². The van der Waals surface area contributed by atoms with Gasteiger partial charge >= 0.3 is 0 Å². The molecule has 7 heteroatoms. The Bertz CT molecular complexity index is 541. The molecule has 0 spiro atoms. The molecule has 0 saturated heterocycles. The highest BCUT2D eigenvalue weighted by atomic mass is 16.6. The summed E-state index contributed by atoms with van der Waals surface area (Å²) in [6.07, 6.45) is 0. The minimum Gasteiger partial charge on any atom is -0.387 e. The molecule has 21 heavy (non-hydrogen) atoms. The highest BCUT2D eigenvalue weighted by Crippen LogP contribution is 2.19. The molecule has 0 aliphatic heterocycles. The number of nitro groups is 1. The van der Waals surface area contributed by atoms with Crippen molar-refractivity contribution in [3.05, 3.63) is 39.4 Å². The van der Waals surface area contributed by atoms with Crippen LogP contribution in [0.2, 0.25) is 0 Å². The highest BCUT2D eigenvalue weighted by Gasteiger charge is 2.25. The Balaban J connectivity index is 2.85. The number of amides is 1. The summed E-state index contributed by atoms with van der Waals surface area (Å²) < 4.78 is 0. The summed E-state index contributed by atoms with van der Waals surface area (Å²) in [4.78, 5) is 24.3. The van der Waals surface area contributed by atoms with Crippen molar-refractivity contribution in [1.82, 2.24) is 10.2 Å². The Labute approximate surface area is 123 Å². The van der Waals surface area contributed by atoms with E-state index in [4.69, 9.17) is 0 Å². The minimum atomic E-state index is -1.11. The van der Waals surface area contributed by atoms with Gasteiger partial charge in [0.1, 0.15) is 5.56 Å². The number of carbonyl (C=O) groups is 1. The molecule has 0 bridgehead atoms. The smallest absolute Gasteiger partial charge is 0.282 e. The number of hydrogen-bond acceptors (Lipinski definition) is 5. The Morgan fingerprint density at radius 2 is 2.10 bits per heavy atom. The zero-order valence-electron chi connectivity index (χ0n) is 12.7. The van der Waals surface area contributed by atoms with Crippen LogP contribution in [0.5, 0.6) is 0 Å². The van der Waals surface area contributed by atoms with Gasteiger partial charge in [0, 0.05) is 19.2 Å². The topological polar surface area (TPSA) is 95.7 Å². The molecule has 116 valence electrons. The van der Waals surface area contributed by atoms with E-state index in [0.29, 0.717) is 6.54 Å². The number of aryl methyl sites for hydroxylation is 1. The van der Waals surface area contributed by atoms with Gasteiger partial charge < -0.3 is 15.3 Å². The zero-order chi connectivity index (χ0) is 16.2. The van der Waals surface area contributed by atoms with Gasteiger partial charge in [0.15, 0.2) is 0 Å². The van der Waals surface area contributed by atoms with Crippen molar-refractivity contribution < 1.29 is 14.8 Å². The van der Waals surface area contributed by atoms with Gasteiger partial charge in [0.25, 0.3) is 11.6 Å². The van der Waals surface area contributed by atoms with E-state index in [2.05, 4.69) is 5.32 Å². The summed E-state index contributed by atoms with van der Waals surface area (Å²) in [6.45, 7) is 3.72. The van der Waals surface area contributed by atoms with E-state index in [9.17, 15) is 20.0 Å². The van der Waals surface area contributed by atoms with Crippen LogP contribution < -0.4 is 5.32 Å². The van der Waals surface area contributed by atoms with Crippen molar-refractivity contribution >= 4 is 11.6 Å². The average Bonchev–Trinajstić information content (AvgIpc) is 2.34. The number of benzene rings is 1. The molecule has 0 fully saturated rings. The third-order valence-electron chi connectivity index (χ3n) is 2.88. The number of hydrogen-bond donors (Lipinski definition) is 2. The molecule has 1 amide bonds. The summed E-state index contributed by atoms with van der Waals surface area (Å²) in [6, 6.07) is 4.35. The molecule has 0 radical (unpaired) electrons. The average molecular weight is 295 g/mol. The van der Waals surface area contributed by atoms with Gasteiger partial charge in [-0.3, -0.25) is 14.9 Å². The van der Waals surface area contributed by atoms with E-state index >= 15 is 0 Å². The van der Waals surface area contributed by atoms with Crippen LogP contribution in [0.4, 0.5) is 5.69 Å². The second-order valence-electron chi connectivity index (χ2n) is 5.70. The van der Waals surface area contributed by atoms with E-state index in [0.717, 1.165) is 5.56 Å². The first-order chi connectivity index (χ1) is 9.62. The quantitative estimate of drug-likeness (QED) is 0.601. The second kappa shape index (κ2) is 6.64. The van der Waals surface area contributed by atoms with Gasteiger partial charge in [-0.1, -0.05) is 6.07 Å². The number of carbonyl (C=O) groups excluding carboxylic acids is 1. The first kappa shape index (κ1) is 17.1. The highest BCUT2D eigenvalue weighted by molar-refractivity contribution is 5.98. The normalized spacial score (nSPS) is 13.8. The lowest BCUT2D eigenvalue weighted by Gasteiger charge is -2.27. The maximum Gasteiger partial charge on any atom is 0.282 e. The lowest BCUT2D eigenvalue weighted by Crippen LogP contribution is -2.47. The van der Waals surface area contributed by atoms with Crippen molar-refractivity contribution in [1.29, 1.82) is 0 Å². The maximum atomic E-state index is 12.1. The van der Waals surface area contributed by atoms with E-state index in [1.807, 2.05) is 14.1 Å². The van der Waals surface area contributed by atoms with Crippen LogP contribution in [-0.4, -0.2) is 53.6 Å². The minimum absolute atomic E-state index is 0.000605. The van der Waals surface area contributed by atoms with Gasteiger partial charge in [0.05, 0.1) is 10.5 Å². The largest absolute Gasteiger partial charge is 0.387 e. The van der Waals surface area contributed by atoms with Crippen LogP contribution in [0, 0.1) is 17.0 Å². The fraction of sp³-hybridized carbons (Fsp3) is 0.500. The molecule has 1 aromatic rings. The fourth-order valence-corrected chi connectivity index (χ4v) is 2.09. The second-order valence-corrected chi connectivity index (χ2v) is 5.70. The number of nitro benzene ring substituents is 1. The van der Waals surface area contributed by atoms with Crippen LogP contribution >= 0.6 is 0 Å². The molecule has 1 rings (SSSR count). The monoisotopic (exact) mass is 295 g/mol. The Morgan fingerprint density at radius 3 is 2.62 bits per heavy atom. The zero-order valence-corrected chi connectivity index (χ0v) is 12.7. The van der Waals surface area contributed by atoms with Crippen LogP contribution in [-0.2, 0) is 0 Å². The van der Waals surface area contributed by atoms with Crippen molar-refractivity contribution in [2.45, 2.75) is 19.4 Å². The summed E-state index contributed by atoms with van der Waals surface area (Å²) in [5.74, 6) is -0.565. The SMILES string of the molecule is Cc1ccc([N+](=O)[O-])c(C(=O)NCC(C)(O)CN(C)C)c1. The summed E-state index contributed by atoms with van der Waals surface area (Å²) in [7, 11) is 3.61. The van der Waals surface area contributed by atoms with Crippen molar-refractivity contribution in [2.75, 3.05) is 27.2 Å². The lowest BCUT2D eigenvalue weighted by molar-refractivity contribution is -0.385. The molecule has 1 atom stereocenters. The molecular formula is C14H21N3O4. The third kappa shape index (κ3) is 5.13. The molecule has 7 nitrogen and oxygen atoms in total. The number of nitrogens with zero attached hydrogens (tertiary/aromatic N) is 2. The Morgan fingerprint density at radius 1 is 1.48 bits per heavy atom. The predicted molar refractivity (Wildman–Crippen MR) is 79.3 cm³/mol. The van der Waals surface area contributed by atoms with Crippen molar-refractivity contribution in [2.24, 2.45) is 0 Å². The van der Waals surface area contributed by atoms with Gasteiger partial charge in [-0.2, -0.15) is 0 Å². The first-order valence-electron chi connectivity index (χ1n) is 6.53. The molecule has 1 aromatic carbocycles. The molecule has 0 aliphatic rings. The number of nitrogens with one attached hydrogen (secondary N) is 1. The summed E-state index contributed by atoms with van der Waals surface area (Å²) in [5, 5.41) is 23.6. The van der Waals surface area contributed by atoms with Crippen LogP contribution in [0.3, 0.4) is 0 Å². The van der Waals surface area contributed by atoms with Crippen LogP contribution in [0.25, 0.3) is 0 Å². The molecule has 2 N–H and O–H groups in total. The number of aliphatic hydroxyl groups is 1. The summed E-state index contributed by atoms with van der Waals surface area (Å²) in [5.41, 5.74) is -0.602. The maximum absolute atomic E-state index is 12.1. The molecule has 0 aromatic heterocycles.